The molecule has 3 atom stereocenters. The van der Waals surface area contributed by atoms with E-state index in [0.717, 1.165) is 12.2 Å². The number of furan rings is 1. The third kappa shape index (κ3) is 2.74. The van der Waals surface area contributed by atoms with E-state index < -0.39 is 0 Å². The molecule has 102 valence electrons. The zero-order valence-corrected chi connectivity index (χ0v) is 12.3. The molecule has 0 aromatic carbocycles. The minimum atomic E-state index is -0.136. The first kappa shape index (κ1) is 13.2. The summed E-state index contributed by atoms with van der Waals surface area (Å²) in [6.07, 6.45) is 2.72. The number of aliphatic hydroxyl groups is 1. The van der Waals surface area contributed by atoms with Gasteiger partial charge in [-0.25, -0.2) is 0 Å². The molecular weight excluding hydrogens is 278 g/mol. The second-order valence-electron chi connectivity index (χ2n) is 4.80. The van der Waals surface area contributed by atoms with Crippen LogP contribution in [0.5, 0.6) is 0 Å². The second-order valence-corrected chi connectivity index (χ2v) is 7.42. The van der Waals surface area contributed by atoms with Crippen molar-refractivity contribution in [2.24, 2.45) is 0 Å². The minimum Gasteiger partial charge on any atom is -0.468 e. The van der Waals surface area contributed by atoms with Crippen molar-refractivity contribution in [3.05, 3.63) is 41.2 Å². The van der Waals surface area contributed by atoms with Gasteiger partial charge in [-0.15, -0.1) is 23.1 Å². The molecule has 5 heteroatoms. The number of nitrogens with one attached hydrogen (secondary N) is 1. The third-order valence-electron chi connectivity index (χ3n) is 3.38. The smallest absolute Gasteiger partial charge is 0.123 e. The molecule has 3 heterocycles. The molecule has 3 rings (SSSR count). The second kappa shape index (κ2) is 5.71. The Kier molecular flexibility index (Phi) is 3.98. The van der Waals surface area contributed by atoms with Gasteiger partial charge in [-0.1, -0.05) is 6.92 Å². The van der Waals surface area contributed by atoms with E-state index in [1.165, 1.54) is 9.77 Å². The maximum atomic E-state index is 9.57. The molecule has 0 radical (unpaired) electrons. The lowest BCUT2D eigenvalue weighted by Gasteiger charge is -2.30. The van der Waals surface area contributed by atoms with E-state index in [0.29, 0.717) is 11.3 Å². The number of thiophene rings is 1. The fourth-order valence-electron chi connectivity index (χ4n) is 2.46. The highest BCUT2D eigenvalue weighted by Gasteiger charge is 2.28. The molecule has 0 saturated heterocycles. The lowest BCUT2D eigenvalue weighted by atomic mass is 10.0. The van der Waals surface area contributed by atoms with Crippen molar-refractivity contribution >= 4 is 23.1 Å². The summed E-state index contributed by atoms with van der Waals surface area (Å²) >= 11 is 3.75. The molecule has 0 amide bonds. The Balaban J connectivity index is 1.80. The van der Waals surface area contributed by atoms with Crippen LogP contribution >= 0.6 is 23.1 Å². The lowest BCUT2D eigenvalue weighted by molar-refractivity contribution is 0.212. The first-order valence-corrected chi connectivity index (χ1v) is 8.18. The molecular formula is C14H17NO2S2. The highest BCUT2D eigenvalue weighted by Crippen LogP contribution is 2.44. The van der Waals surface area contributed by atoms with Crippen molar-refractivity contribution in [2.75, 3.05) is 6.61 Å². The SMILES string of the molecule is C[C@H]1CC(NC(CO)c2ccco2)c2ccsc2S1. The molecule has 2 aromatic heterocycles. The van der Waals surface area contributed by atoms with Crippen LogP contribution < -0.4 is 5.32 Å². The van der Waals surface area contributed by atoms with Crippen LogP contribution in [0.3, 0.4) is 0 Å². The third-order valence-corrected chi connectivity index (χ3v) is 5.73. The largest absolute Gasteiger partial charge is 0.468 e. The van der Waals surface area contributed by atoms with Crippen molar-refractivity contribution in [3.63, 3.8) is 0 Å². The summed E-state index contributed by atoms with van der Waals surface area (Å²) in [5.74, 6) is 0.796. The Morgan fingerprint density at radius 2 is 2.42 bits per heavy atom. The summed E-state index contributed by atoms with van der Waals surface area (Å²) in [6.45, 7) is 2.30. The molecule has 2 aromatic rings. The Hall–Kier alpha value is -0.750. The van der Waals surface area contributed by atoms with E-state index in [-0.39, 0.29) is 12.6 Å². The Morgan fingerprint density at radius 3 is 3.16 bits per heavy atom. The van der Waals surface area contributed by atoms with Crippen LogP contribution in [0.15, 0.2) is 38.5 Å². The van der Waals surface area contributed by atoms with Gasteiger partial charge < -0.3 is 9.52 Å². The molecule has 1 aliphatic rings. The fourth-order valence-corrected chi connectivity index (χ4v) is 5.03. The summed E-state index contributed by atoms with van der Waals surface area (Å²) < 4.78 is 6.79. The van der Waals surface area contributed by atoms with Crippen molar-refractivity contribution in [2.45, 2.75) is 34.9 Å². The van der Waals surface area contributed by atoms with Gasteiger partial charge in [-0.2, -0.15) is 0 Å². The molecule has 3 nitrogen and oxygen atoms in total. The van der Waals surface area contributed by atoms with E-state index in [4.69, 9.17) is 4.42 Å². The van der Waals surface area contributed by atoms with Gasteiger partial charge in [0.25, 0.3) is 0 Å². The number of aliphatic hydroxyl groups excluding tert-OH is 1. The predicted molar refractivity (Wildman–Crippen MR) is 78.7 cm³/mol. The summed E-state index contributed by atoms with van der Waals surface area (Å²) in [4.78, 5) is 0. The Bertz CT molecular complexity index is 523. The fraction of sp³-hybridized carbons (Fsp3) is 0.429. The van der Waals surface area contributed by atoms with Gasteiger partial charge >= 0.3 is 0 Å². The normalized spacial score (nSPS) is 24.1. The molecule has 2 unspecified atom stereocenters. The van der Waals surface area contributed by atoms with Gasteiger partial charge in [-0.3, -0.25) is 5.32 Å². The summed E-state index contributed by atoms with van der Waals surface area (Å²) in [5.41, 5.74) is 1.36. The van der Waals surface area contributed by atoms with E-state index in [1.54, 1.807) is 17.6 Å². The zero-order chi connectivity index (χ0) is 13.2. The summed E-state index contributed by atoms with van der Waals surface area (Å²) in [6, 6.07) is 6.11. The van der Waals surface area contributed by atoms with Crippen LogP contribution in [0, 0.1) is 0 Å². The topological polar surface area (TPSA) is 45.4 Å². The minimum absolute atomic E-state index is 0.0466. The predicted octanol–water partition coefficient (Wildman–Crippen LogP) is 3.59. The van der Waals surface area contributed by atoms with Gasteiger partial charge in [0.05, 0.1) is 23.1 Å². The van der Waals surface area contributed by atoms with E-state index in [1.807, 2.05) is 23.9 Å². The standard InChI is InChI=1S/C14H17NO2S2/c1-9-7-11(10-4-6-18-14(10)19-9)15-12(8-16)13-3-2-5-17-13/h2-6,9,11-12,15-16H,7-8H2,1H3/t9-,11?,12?/m0/s1. The van der Waals surface area contributed by atoms with Crippen molar-refractivity contribution in [1.29, 1.82) is 0 Å². The quantitative estimate of drug-likeness (QED) is 0.905. The zero-order valence-electron chi connectivity index (χ0n) is 10.7. The Morgan fingerprint density at radius 1 is 1.53 bits per heavy atom. The molecule has 0 aliphatic carbocycles. The number of rotatable bonds is 4. The maximum absolute atomic E-state index is 9.57. The highest BCUT2D eigenvalue weighted by molar-refractivity contribution is 8.01. The monoisotopic (exact) mass is 295 g/mol. The molecule has 1 aliphatic heterocycles. The average molecular weight is 295 g/mol. The van der Waals surface area contributed by atoms with Crippen molar-refractivity contribution in [1.82, 2.24) is 5.32 Å². The number of thioether (sulfide) groups is 1. The molecule has 0 spiro atoms. The van der Waals surface area contributed by atoms with Crippen LogP contribution in [0.25, 0.3) is 0 Å². The average Bonchev–Trinajstić information content (AvgIpc) is 3.05. The van der Waals surface area contributed by atoms with E-state index >= 15 is 0 Å². The van der Waals surface area contributed by atoms with Gasteiger partial charge in [0, 0.05) is 11.3 Å². The number of fused-ring (bicyclic) bond motifs is 1. The van der Waals surface area contributed by atoms with Gasteiger partial charge in [0.1, 0.15) is 5.76 Å². The summed E-state index contributed by atoms with van der Waals surface area (Å²) in [7, 11) is 0. The highest BCUT2D eigenvalue weighted by atomic mass is 32.2. The van der Waals surface area contributed by atoms with Crippen LogP contribution in [0.4, 0.5) is 0 Å². The molecule has 0 bridgehead atoms. The number of hydrogen-bond donors (Lipinski definition) is 2. The van der Waals surface area contributed by atoms with E-state index in [9.17, 15) is 5.11 Å². The number of hydrogen-bond acceptors (Lipinski definition) is 5. The molecule has 0 saturated carbocycles. The van der Waals surface area contributed by atoms with Crippen molar-refractivity contribution in [3.8, 4) is 0 Å². The van der Waals surface area contributed by atoms with Crippen LogP contribution in [-0.2, 0) is 0 Å². The van der Waals surface area contributed by atoms with Crippen LogP contribution in [0.1, 0.15) is 36.8 Å². The van der Waals surface area contributed by atoms with Crippen LogP contribution in [0.2, 0.25) is 0 Å². The first-order chi connectivity index (χ1) is 9.28. The molecule has 19 heavy (non-hydrogen) atoms. The van der Waals surface area contributed by atoms with E-state index in [2.05, 4.69) is 23.7 Å². The maximum Gasteiger partial charge on any atom is 0.123 e. The molecule has 0 fully saturated rings. The Labute approximate surface area is 121 Å². The van der Waals surface area contributed by atoms with Crippen molar-refractivity contribution < 1.29 is 9.52 Å². The van der Waals surface area contributed by atoms with Gasteiger partial charge in [0.15, 0.2) is 0 Å². The first-order valence-electron chi connectivity index (χ1n) is 6.42. The summed E-state index contributed by atoms with van der Waals surface area (Å²) in [5, 5.41) is 15.8. The van der Waals surface area contributed by atoms with Gasteiger partial charge in [-0.05, 0) is 35.6 Å². The lowest BCUT2D eigenvalue weighted by Crippen LogP contribution is -2.31. The molecule has 2 N–H and O–H groups in total. The van der Waals surface area contributed by atoms with Crippen LogP contribution in [-0.4, -0.2) is 17.0 Å². The van der Waals surface area contributed by atoms with Gasteiger partial charge in [0.2, 0.25) is 0 Å².